The second-order valence-electron chi connectivity index (χ2n) is 3.50. The Labute approximate surface area is 107 Å². The Morgan fingerprint density at radius 2 is 1.84 bits per heavy atom. The highest BCUT2D eigenvalue weighted by molar-refractivity contribution is 7.89. The summed E-state index contributed by atoms with van der Waals surface area (Å²) in [4.78, 5) is 6.92. The number of anilines is 1. The molecule has 7 nitrogen and oxygen atoms in total. The van der Waals surface area contributed by atoms with Crippen LogP contribution in [-0.4, -0.2) is 31.1 Å². The molecule has 0 fully saturated rings. The van der Waals surface area contributed by atoms with Gasteiger partial charge in [-0.15, -0.1) is 0 Å². The van der Waals surface area contributed by atoms with Crippen molar-refractivity contribution in [3.05, 3.63) is 12.4 Å². The average molecular weight is 299 g/mol. The average Bonchev–Trinajstić information content (AvgIpc) is 2.34. The third-order valence-corrected chi connectivity index (χ3v) is 3.41. The van der Waals surface area contributed by atoms with Crippen LogP contribution in [0.4, 0.5) is 19.1 Å². The Hall–Kier alpha value is -1.46. The molecular formula is C8H12F3N5O2S. The number of rotatable bonds is 6. The number of hydrogen-bond donors (Lipinski definition) is 3. The first-order chi connectivity index (χ1) is 8.74. The van der Waals surface area contributed by atoms with E-state index in [0.29, 0.717) is 0 Å². The van der Waals surface area contributed by atoms with Gasteiger partial charge in [-0.1, -0.05) is 0 Å². The summed E-state index contributed by atoms with van der Waals surface area (Å²) >= 11 is 0. The molecular weight excluding hydrogens is 287 g/mol. The standard InChI is InChI=1S/C8H12F3N5O2S/c9-8(10,11)2-1-3-15-19(17,18)6-4-13-7(16-12)14-5-6/h4-5,15H,1-3,12H2,(H,13,14,16). The number of hydrazine groups is 1. The van der Waals surface area contributed by atoms with Crippen LogP contribution >= 0.6 is 0 Å². The summed E-state index contributed by atoms with van der Waals surface area (Å²) in [7, 11) is -3.91. The number of nitrogen functional groups attached to an aromatic ring is 1. The van der Waals surface area contributed by atoms with Gasteiger partial charge in [0.1, 0.15) is 4.90 Å². The molecule has 0 saturated carbocycles. The van der Waals surface area contributed by atoms with Crippen molar-refractivity contribution in [3.63, 3.8) is 0 Å². The van der Waals surface area contributed by atoms with E-state index in [-0.39, 0.29) is 23.8 Å². The van der Waals surface area contributed by atoms with E-state index in [4.69, 9.17) is 5.84 Å². The van der Waals surface area contributed by atoms with Crippen molar-refractivity contribution in [2.75, 3.05) is 12.0 Å². The van der Waals surface area contributed by atoms with Crippen LogP contribution in [-0.2, 0) is 10.0 Å². The smallest absolute Gasteiger partial charge is 0.292 e. The second kappa shape index (κ2) is 6.12. The summed E-state index contributed by atoms with van der Waals surface area (Å²) < 4.78 is 60.9. The Morgan fingerprint density at radius 1 is 1.26 bits per heavy atom. The van der Waals surface area contributed by atoms with Crippen molar-refractivity contribution in [2.45, 2.75) is 23.9 Å². The summed E-state index contributed by atoms with van der Waals surface area (Å²) in [6.07, 6.45) is -3.71. The van der Waals surface area contributed by atoms with Gasteiger partial charge in [-0.3, -0.25) is 5.43 Å². The lowest BCUT2D eigenvalue weighted by Crippen LogP contribution is -2.26. The Morgan fingerprint density at radius 3 is 2.32 bits per heavy atom. The van der Waals surface area contributed by atoms with Crippen molar-refractivity contribution in [1.29, 1.82) is 0 Å². The number of aromatic nitrogens is 2. The number of nitrogens with two attached hydrogens (primary N) is 1. The highest BCUT2D eigenvalue weighted by Gasteiger charge is 2.26. The summed E-state index contributed by atoms with van der Waals surface area (Å²) in [5.74, 6) is 5.03. The molecule has 11 heteroatoms. The molecule has 0 aromatic carbocycles. The van der Waals surface area contributed by atoms with Gasteiger partial charge in [-0.05, 0) is 6.42 Å². The van der Waals surface area contributed by atoms with E-state index in [2.05, 4.69) is 15.4 Å². The zero-order valence-corrected chi connectivity index (χ0v) is 10.4. The van der Waals surface area contributed by atoms with Gasteiger partial charge in [-0.25, -0.2) is 29.0 Å². The van der Waals surface area contributed by atoms with E-state index < -0.39 is 22.6 Å². The molecule has 0 aliphatic heterocycles. The highest BCUT2D eigenvalue weighted by atomic mass is 32.2. The molecule has 0 radical (unpaired) electrons. The molecule has 0 bridgehead atoms. The first-order valence-electron chi connectivity index (χ1n) is 5.10. The predicted octanol–water partition coefficient (Wildman–Crippen LogP) is 0.383. The van der Waals surface area contributed by atoms with E-state index >= 15 is 0 Å². The Balaban J connectivity index is 2.56. The third kappa shape index (κ3) is 5.36. The molecule has 4 N–H and O–H groups in total. The van der Waals surface area contributed by atoms with Crippen LogP contribution in [0.15, 0.2) is 17.3 Å². The lowest BCUT2D eigenvalue weighted by Gasteiger charge is -2.08. The van der Waals surface area contributed by atoms with E-state index in [1.165, 1.54) is 0 Å². The second-order valence-corrected chi connectivity index (χ2v) is 5.27. The number of nitrogens with zero attached hydrogens (tertiary/aromatic N) is 2. The lowest BCUT2D eigenvalue weighted by molar-refractivity contribution is -0.135. The first kappa shape index (κ1) is 15.6. The minimum absolute atomic E-state index is 0.0241. The molecule has 0 saturated heterocycles. The van der Waals surface area contributed by atoms with Crippen molar-refractivity contribution in [2.24, 2.45) is 5.84 Å². The van der Waals surface area contributed by atoms with Crippen LogP contribution in [0.1, 0.15) is 12.8 Å². The molecule has 0 aliphatic rings. The van der Waals surface area contributed by atoms with Crippen LogP contribution in [0.25, 0.3) is 0 Å². The molecule has 1 heterocycles. The van der Waals surface area contributed by atoms with Crippen LogP contribution < -0.4 is 16.0 Å². The lowest BCUT2D eigenvalue weighted by atomic mass is 10.3. The molecule has 19 heavy (non-hydrogen) atoms. The van der Waals surface area contributed by atoms with Crippen molar-refractivity contribution < 1.29 is 21.6 Å². The monoisotopic (exact) mass is 299 g/mol. The maximum atomic E-state index is 11.9. The number of hydrogen-bond acceptors (Lipinski definition) is 6. The third-order valence-electron chi connectivity index (χ3n) is 2.00. The van der Waals surface area contributed by atoms with Gasteiger partial charge in [0.25, 0.3) is 0 Å². The Kier molecular flexibility index (Phi) is 5.03. The Bertz CT molecular complexity index is 502. The molecule has 1 aromatic rings. The maximum absolute atomic E-state index is 11.9. The van der Waals surface area contributed by atoms with E-state index in [1.807, 2.05) is 4.72 Å². The van der Waals surface area contributed by atoms with Gasteiger partial charge in [0, 0.05) is 13.0 Å². The van der Waals surface area contributed by atoms with Crippen molar-refractivity contribution in [1.82, 2.24) is 14.7 Å². The summed E-state index contributed by atoms with van der Waals surface area (Å²) in [6, 6.07) is 0. The number of sulfonamides is 1. The van der Waals surface area contributed by atoms with E-state index in [1.54, 1.807) is 0 Å². The largest absolute Gasteiger partial charge is 0.389 e. The topological polar surface area (TPSA) is 110 Å². The zero-order valence-electron chi connectivity index (χ0n) is 9.61. The van der Waals surface area contributed by atoms with E-state index in [9.17, 15) is 21.6 Å². The molecule has 1 aromatic heterocycles. The summed E-state index contributed by atoms with van der Waals surface area (Å²) in [6.45, 7) is -0.321. The number of alkyl halides is 3. The number of nitrogens with one attached hydrogen (secondary N) is 2. The number of halogens is 3. The fraction of sp³-hybridized carbons (Fsp3) is 0.500. The van der Waals surface area contributed by atoms with Crippen LogP contribution in [0.3, 0.4) is 0 Å². The van der Waals surface area contributed by atoms with Crippen LogP contribution in [0.2, 0.25) is 0 Å². The quantitative estimate of drug-likeness (QED) is 0.398. The normalized spacial score (nSPS) is 12.4. The molecule has 0 amide bonds. The fourth-order valence-electron chi connectivity index (χ4n) is 1.11. The molecule has 0 spiro atoms. The minimum Gasteiger partial charge on any atom is -0.292 e. The van der Waals surface area contributed by atoms with Crippen LogP contribution in [0, 0.1) is 0 Å². The fourth-order valence-corrected chi connectivity index (χ4v) is 2.07. The van der Waals surface area contributed by atoms with Crippen LogP contribution in [0.5, 0.6) is 0 Å². The van der Waals surface area contributed by atoms with Gasteiger partial charge in [0.15, 0.2) is 0 Å². The van der Waals surface area contributed by atoms with E-state index in [0.717, 1.165) is 12.4 Å². The maximum Gasteiger partial charge on any atom is 0.389 e. The predicted molar refractivity (Wildman–Crippen MR) is 60.3 cm³/mol. The molecule has 108 valence electrons. The molecule has 0 atom stereocenters. The summed E-state index contributed by atoms with van der Waals surface area (Å²) in [5, 5.41) is 0. The van der Waals surface area contributed by atoms with Crippen molar-refractivity contribution >= 4 is 16.0 Å². The van der Waals surface area contributed by atoms with Gasteiger partial charge >= 0.3 is 6.18 Å². The van der Waals surface area contributed by atoms with Gasteiger partial charge in [-0.2, -0.15) is 13.2 Å². The van der Waals surface area contributed by atoms with Gasteiger partial charge < -0.3 is 0 Å². The molecule has 0 unspecified atom stereocenters. The zero-order chi connectivity index (χ0) is 14.5. The van der Waals surface area contributed by atoms with Gasteiger partial charge in [0.2, 0.25) is 16.0 Å². The van der Waals surface area contributed by atoms with Crippen molar-refractivity contribution in [3.8, 4) is 0 Å². The molecule has 0 aliphatic carbocycles. The SMILES string of the molecule is NNc1ncc(S(=O)(=O)NCCCC(F)(F)F)cn1. The minimum atomic E-state index is -4.30. The summed E-state index contributed by atoms with van der Waals surface area (Å²) in [5.41, 5.74) is 2.11. The van der Waals surface area contributed by atoms with Gasteiger partial charge in [0.05, 0.1) is 12.4 Å². The first-order valence-corrected chi connectivity index (χ1v) is 6.58. The molecule has 1 rings (SSSR count). The highest BCUT2D eigenvalue weighted by Crippen LogP contribution is 2.20.